The van der Waals surface area contributed by atoms with Crippen molar-refractivity contribution in [3.05, 3.63) is 49.4 Å². The number of imidazole rings is 1. The fourth-order valence-corrected chi connectivity index (χ4v) is 2.90. The van der Waals surface area contributed by atoms with Gasteiger partial charge in [0.2, 0.25) is 0 Å². The summed E-state index contributed by atoms with van der Waals surface area (Å²) in [6.45, 7) is 2.29. The van der Waals surface area contributed by atoms with Crippen molar-refractivity contribution in [3.8, 4) is 0 Å². The number of hydrogen-bond acceptors (Lipinski definition) is 4. The molecule has 0 aliphatic carbocycles. The van der Waals surface area contributed by atoms with Crippen LogP contribution in [0.4, 0.5) is 0 Å². The van der Waals surface area contributed by atoms with Crippen LogP contribution in [0.3, 0.4) is 0 Å². The molecule has 0 amide bonds. The van der Waals surface area contributed by atoms with E-state index in [-0.39, 0.29) is 5.56 Å². The molecule has 3 aromatic heterocycles. The second kappa shape index (κ2) is 4.47. The number of aryl methyl sites for hydroxylation is 1. The van der Waals surface area contributed by atoms with Gasteiger partial charge in [-0.15, -0.1) is 11.3 Å². The van der Waals surface area contributed by atoms with Crippen molar-refractivity contribution in [2.24, 2.45) is 0 Å². The predicted octanol–water partition coefficient (Wildman–Crippen LogP) is 1.91. The second-order valence-electron chi connectivity index (χ2n) is 3.87. The summed E-state index contributed by atoms with van der Waals surface area (Å²) in [5.41, 5.74) is 0.857. The Balaban J connectivity index is 2.05. The Morgan fingerprint density at radius 3 is 3.11 bits per heavy atom. The van der Waals surface area contributed by atoms with E-state index in [1.165, 1.54) is 0 Å². The third kappa shape index (κ3) is 1.97. The molecule has 0 N–H and O–H groups in total. The number of hydrogen-bond donors (Lipinski definition) is 0. The van der Waals surface area contributed by atoms with Gasteiger partial charge in [0.15, 0.2) is 4.96 Å². The number of rotatable bonds is 2. The highest BCUT2D eigenvalue weighted by Gasteiger charge is 2.09. The Morgan fingerprint density at radius 2 is 2.33 bits per heavy atom. The van der Waals surface area contributed by atoms with E-state index in [1.807, 2.05) is 51.7 Å². The number of nitrogens with zero attached hydrogens (tertiary/aromatic N) is 4. The lowest BCUT2D eigenvalue weighted by Crippen LogP contribution is -2.26. The maximum atomic E-state index is 12.0. The lowest BCUT2D eigenvalue weighted by Gasteiger charge is -2.06. The molecule has 5 nitrogen and oxygen atoms in total. The van der Waals surface area contributed by atoms with Gasteiger partial charge in [-0.05, 0) is 29.5 Å². The van der Waals surface area contributed by atoms with Crippen molar-refractivity contribution >= 4 is 38.9 Å². The van der Waals surface area contributed by atoms with E-state index in [2.05, 4.69) is 9.97 Å². The van der Waals surface area contributed by atoms with Crippen LogP contribution in [-0.2, 0) is 6.54 Å². The third-order valence-electron chi connectivity index (χ3n) is 2.67. The van der Waals surface area contributed by atoms with Gasteiger partial charge in [-0.1, -0.05) is 0 Å². The summed E-state index contributed by atoms with van der Waals surface area (Å²) in [7, 11) is 0. The smallest absolute Gasteiger partial charge is 0.267 e. The van der Waals surface area contributed by atoms with E-state index in [9.17, 15) is 4.79 Å². The number of aromatic nitrogens is 4. The highest BCUT2D eigenvalue weighted by molar-refractivity contribution is 14.1. The van der Waals surface area contributed by atoms with Crippen LogP contribution in [0.5, 0.6) is 0 Å². The van der Waals surface area contributed by atoms with E-state index in [4.69, 9.17) is 0 Å². The topological polar surface area (TPSA) is 52.2 Å². The maximum Gasteiger partial charge on any atom is 0.267 e. The highest BCUT2D eigenvalue weighted by Crippen LogP contribution is 2.12. The maximum absolute atomic E-state index is 12.0. The van der Waals surface area contributed by atoms with E-state index in [0.717, 1.165) is 10.7 Å². The van der Waals surface area contributed by atoms with E-state index in [0.29, 0.717) is 15.9 Å². The van der Waals surface area contributed by atoms with Crippen molar-refractivity contribution in [2.45, 2.75) is 13.5 Å². The summed E-state index contributed by atoms with van der Waals surface area (Å²) >= 11 is 3.58. The summed E-state index contributed by atoms with van der Waals surface area (Å²) in [4.78, 5) is 21.6. The Kier molecular flexibility index (Phi) is 2.94. The normalized spacial score (nSPS) is 11.2. The molecule has 7 heteroatoms. The lowest BCUT2D eigenvalue weighted by atomic mass is 10.4. The van der Waals surface area contributed by atoms with Gasteiger partial charge in [-0.25, -0.2) is 9.97 Å². The van der Waals surface area contributed by atoms with Gasteiger partial charge < -0.3 is 0 Å². The summed E-state index contributed by atoms with van der Waals surface area (Å²) in [5.74, 6) is 0.705. The molecule has 0 unspecified atom stereocenters. The standard InChI is InChI=1S/C11H9IN4OS/c1-7-13-4-9(12)10(17)16(7)6-8-5-15-2-3-18-11(15)14-8/h2-5H,6H2,1H3. The van der Waals surface area contributed by atoms with Gasteiger partial charge in [-0.3, -0.25) is 13.8 Å². The fraction of sp³-hybridized carbons (Fsp3) is 0.182. The van der Waals surface area contributed by atoms with Gasteiger partial charge in [0.05, 0.1) is 15.8 Å². The molecule has 0 bridgehead atoms. The van der Waals surface area contributed by atoms with Crippen LogP contribution < -0.4 is 5.56 Å². The summed E-state index contributed by atoms with van der Waals surface area (Å²) in [5, 5.41) is 1.98. The van der Waals surface area contributed by atoms with Crippen LogP contribution in [0.15, 0.2) is 28.8 Å². The minimum absolute atomic E-state index is 0.0144. The summed E-state index contributed by atoms with van der Waals surface area (Å²) in [6, 6.07) is 0. The largest absolute Gasteiger partial charge is 0.297 e. The molecule has 92 valence electrons. The Morgan fingerprint density at radius 1 is 1.50 bits per heavy atom. The molecular formula is C11H9IN4OS. The quantitative estimate of drug-likeness (QED) is 0.646. The molecule has 0 saturated heterocycles. The first-order chi connectivity index (χ1) is 8.65. The highest BCUT2D eigenvalue weighted by atomic mass is 127. The van der Waals surface area contributed by atoms with Gasteiger partial charge in [0.1, 0.15) is 5.82 Å². The van der Waals surface area contributed by atoms with Gasteiger partial charge >= 0.3 is 0 Å². The number of halogens is 1. The zero-order valence-corrected chi connectivity index (χ0v) is 12.5. The van der Waals surface area contributed by atoms with E-state index >= 15 is 0 Å². The Bertz CT molecular complexity index is 744. The molecule has 0 aliphatic heterocycles. The molecule has 18 heavy (non-hydrogen) atoms. The minimum atomic E-state index is -0.0144. The number of fused-ring (bicyclic) bond motifs is 1. The Labute approximate surface area is 120 Å². The van der Waals surface area contributed by atoms with Crippen molar-refractivity contribution < 1.29 is 0 Å². The van der Waals surface area contributed by atoms with Crippen LogP contribution in [0.1, 0.15) is 11.5 Å². The first kappa shape index (κ1) is 11.8. The second-order valence-corrected chi connectivity index (χ2v) is 5.90. The van der Waals surface area contributed by atoms with Crippen LogP contribution in [0, 0.1) is 10.5 Å². The first-order valence-corrected chi connectivity index (χ1v) is 7.24. The van der Waals surface area contributed by atoms with Crippen LogP contribution >= 0.6 is 33.9 Å². The summed E-state index contributed by atoms with van der Waals surface area (Å²) in [6.07, 6.45) is 5.50. The molecule has 3 rings (SSSR count). The van der Waals surface area contributed by atoms with Gasteiger partial charge in [-0.2, -0.15) is 0 Å². The first-order valence-electron chi connectivity index (χ1n) is 5.28. The monoisotopic (exact) mass is 372 g/mol. The fourth-order valence-electron chi connectivity index (χ4n) is 1.75. The minimum Gasteiger partial charge on any atom is -0.297 e. The Hall–Kier alpha value is -1.22. The van der Waals surface area contributed by atoms with Crippen molar-refractivity contribution in [1.82, 2.24) is 18.9 Å². The molecule has 0 spiro atoms. The SMILES string of the molecule is Cc1ncc(I)c(=O)n1Cc1cn2ccsc2n1. The lowest BCUT2D eigenvalue weighted by molar-refractivity contribution is 0.684. The van der Waals surface area contributed by atoms with Gasteiger partial charge in [0.25, 0.3) is 5.56 Å². The zero-order valence-electron chi connectivity index (χ0n) is 9.50. The average Bonchev–Trinajstić information content (AvgIpc) is 2.90. The molecule has 0 aromatic carbocycles. The van der Waals surface area contributed by atoms with Crippen molar-refractivity contribution in [2.75, 3.05) is 0 Å². The van der Waals surface area contributed by atoms with Gasteiger partial charge in [0, 0.05) is 24.0 Å². The van der Waals surface area contributed by atoms with Crippen LogP contribution in [0.25, 0.3) is 4.96 Å². The average molecular weight is 372 g/mol. The molecular weight excluding hydrogens is 363 g/mol. The van der Waals surface area contributed by atoms with Crippen molar-refractivity contribution in [1.29, 1.82) is 0 Å². The molecule has 0 aliphatic rings. The zero-order chi connectivity index (χ0) is 12.7. The van der Waals surface area contributed by atoms with Crippen LogP contribution in [0.2, 0.25) is 0 Å². The third-order valence-corrected chi connectivity index (χ3v) is 4.18. The summed E-state index contributed by atoms with van der Waals surface area (Å²) < 4.78 is 4.23. The molecule has 0 atom stereocenters. The molecule has 0 fully saturated rings. The number of thiazole rings is 1. The van der Waals surface area contributed by atoms with E-state index < -0.39 is 0 Å². The van der Waals surface area contributed by atoms with Crippen LogP contribution in [-0.4, -0.2) is 18.9 Å². The molecule has 0 radical (unpaired) electrons. The molecule has 3 heterocycles. The predicted molar refractivity (Wildman–Crippen MR) is 78.1 cm³/mol. The van der Waals surface area contributed by atoms with E-state index in [1.54, 1.807) is 22.1 Å². The van der Waals surface area contributed by atoms with Crippen molar-refractivity contribution in [3.63, 3.8) is 0 Å². The molecule has 0 saturated carbocycles. The molecule has 3 aromatic rings.